The van der Waals surface area contributed by atoms with Crippen molar-refractivity contribution in [1.82, 2.24) is 9.69 Å². The highest BCUT2D eigenvalue weighted by Gasteiger charge is 2.17. The molecule has 0 radical (unpaired) electrons. The van der Waals surface area contributed by atoms with E-state index in [9.17, 15) is 9.59 Å². The molecule has 4 rings (SSSR count). The fraction of sp³-hybridized carbons (Fsp3) is 0.250. The normalized spacial score (nSPS) is 16.4. The molecule has 3 aromatic rings. The molecule has 1 aromatic heterocycles. The van der Waals surface area contributed by atoms with Gasteiger partial charge < -0.3 is 15.4 Å². The van der Waals surface area contributed by atoms with Crippen LogP contribution in [0.2, 0.25) is 0 Å². The second-order valence-electron chi connectivity index (χ2n) is 6.40. The number of nitrogens with one attached hydrogen (secondary N) is 2. The van der Waals surface area contributed by atoms with Crippen molar-refractivity contribution in [1.29, 1.82) is 0 Å². The summed E-state index contributed by atoms with van der Waals surface area (Å²) < 4.78 is 10.7. The highest BCUT2D eigenvalue weighted by Crippen LogP contribution is 2.23. The van der Waals surface area contributed by atoms with Crippen LogP contribution in [0, 0.1) is 0 Å². The van der Waals surface area contributed by atoms with Crippen LogP contribution >= 0.6 is 11.5 Å². The van der Waals surface area contributed by atoms with Crippen molar-refractivity contribution in [2.45, 2.75) is 18.9 Å². The number of amides is 2. The number of aromatic nitrogens is 1. The van der Waals surface area contributed by atoms with Gasteiger partial charge in [0.15, 0.2) is 0 Å². The van der Waals surface area contributed by atoms with Gasteiger partial charge in [-0.3, -0.25) is 9.59 Å². The maximum absolute atomic E-state index is 12.5. The lowest BCUT2D eigenvalue weighted by atomic mass is 10.1. The SMILES string of the molecule is O=C(NCC1CCCO1)c1ccc(NC(=O)c2nsc3ccccc23)cc1. The molecule has 2 amide bonds. The minimum Gasteiger partial charge on any atom is -0.376 e. The van der Waals surface area contributed by atoms with Gasteiger partial charge in [0, 0.05) is 29.8 Å². The number of hydrogen-bond donors (Lipinski definition) is 2. The van der Waals surface area contributed by atoms with E-state index in [0.29, 0.717) is 23.5 Å². The van der Waals surface area contributed by atoms with Gasteiger partial charge in [-0.1, -0.05) is 18.2 Å². The van der Waals surface area contributed by atoms with E-state index in [-0.39, 0.29) is 17.9 Å². The Labute approximate surface area is 160 Å². The number of nitrogens with zero attached hydrogens (tertiary/aromatic N) is 1. The number of hydrogen-bond acceptors (Lipinski definition) is 5. The summed E-state index contributed by atoms with van der Waals surface area (Å²) in [7, 11) is 0. The van der Waals surface area contributed by atoms with Gasteiger partial charge in [-0.2, -0.15) is 4.37 Å². The fourth-order valence-electron chi connectivity index (χ4n) is 3.06. The summed E-state index contributed by atoms with van der Waals surface area (Å²) in [6.07, 6.45) is 2.14. The van der Waals surface area contributed by atoms with Gasteiger partial charge in [-0.15, -0.1) is 0 Å². The van der Waals surface area contributed by atoms with Crippen LogP contribution in [0.15, 0.2) is 48.5 Å². The predicted molar refractivity (Wildman–Crippen MR) is 105 cm³/mol. The second kappa shape index (κ2) is 7.85. The molecule has 2 aromatic carbocycles. The molecule has 1 saturated heterocycles. The summed E-state index contributed by atoms with van der Waals surface area (Å²) in [5.74, 6) is -0.406. The van der Waals surface area contributed by atoms with E-state index in [1.807, 2.05) is 24.3 Å². The first-order valence-electron chi connectivity index (χ1n) is 8.86. The van der Waals surface area contributed by atoms with Crippen LogP contribution in [0.1, 0.15) is 33.7 Å². The van der Waals surface area contributed by atoms with E-state index in [2.05, 4.69) is 15.0 Å². The number of ether oxygens (including phenoxy) is 1. The summed E-state index contributed by atoms with van der Waals surface area (Å²) in [4.78, 5) is 24.7. The van der Waals surface area contributed by atoms with E-state index in [1.165, 1.54) is 11.5 Å². The van der Waals surface area contributed by atoms with Gasteiger partial charge in [0.2, 0.25) is 0 Å². The molecule has 138 valence electrons. The van der Waals surface area contributed by atoms with E-state index in [0.717, 1.165) is 29.5 Å². The first-order chi connectivity index (χ1) is 13.2. The Balaban J connectivity index is 1.38. The van der Waals surface area contributed by atoms with Crippen molar-refractivity contribution < 1.29 is 14.3 Å². The molecule has 1 unspecified atom stereocenters. The maximum Gasteiger partial charge on any atom is 0.276 e. The van der Waals surface area contributed by atoms with Crippen LogP contribution in [0.5, 0.6) is 0 Å². The van der Waals surface area contributed by atoms with Gasteiger partial charge in [0.05, 0.1) is 10.8 Å². The van der Waals surface area contributed by atoms with Crippen LogP contribution in [-0.2, 0) is 4.74 Å². The minimum atomic E-state index is -0.261. The zero-order valence-electron chi connectivity index (χ0n) is 14.6. The average Bonchev–Trinajstić information content (AvgIpc) is 3.36. The topological polar surface area (TPSA) is 80.3 Å². The van der Waals surface area contributed by atoms with Crippen molar-refractivity contribution >= 4 is 39.1 Å². The smallest absolute Gasteiger partial charge is 0.276 e. The molecule has 7 heteroatoms. The lowest BCUT2D eigenvalue weighted by Gasteiger charge is -2.11. The molecular formula is C20H19N3O3S. The van der Waals surface area contributed by atoms with Crippen LogP contribution in [0.25, 0.3) is 10.1 Å². The maximum atomic E-state index is 12.5. The molecule has 6 nitrogen and oxygen atoms in total. The highest BCUT2D eigenvalue weighted by atomic mass is 32.1. The standard InChI is InChI=1S/C20H19N3O3S/c24-19(21-12-15-4-3-11-26-15)13-7-9-14(10-8-13)22-20(25)18-16-5-1-2-6-17(16)27-23-18/h1-2,5-10,15H,3-4,11-12H2,(H,21,24)(H,22,25). The number of rotatable bonds is 5. The van der Waals surface area contributed by atoms with Crippen molar-refractivity contribution in [2.75, 3.05) is 18.5 Å². The molecule has 0 saturated carbocycles. The molecule has 27 heavy (non-hydrogen) atoms. The largest absolute Gasteiger partial charge is 0.376 e. The van der Waals surface area contributed by atoms with Crippen molar-refractivity contribution in [3.05, 3.63) is 59.8 Å². The first-order valence-corrected chi connectivity index (χ1v) is 9.64. The van der Waals surface area contributed by atoms with Crippen LogP contribution in [0.4, 0.5) is 5.69 Å². The zero-order valence-corrected chi connectivity index (χ0v) is 15.4. The molecule has 1 aliphatic rings. The van der Waals surface area contributed by atoms with E-state index in [4.69, 9.17) is 4.74 Å². The first kappa shape index (κ1) is 17.6. The molecule has 1 aliphatic heterocycles. The lowest BCUT2D eigenvalue weighted by molar-refractivity contribution is 0.0857. The molecule has 0 aliphatic carbocycles. The summed E-state index contributed by atoms with van der Waals surface area (Å²) in [6.45, 7) is 1.29. The van der Waals surface area contributed by atoms with Crippen LogP contribution in [-0.4, -0.2) is 35.4 Å². The number of fused-ring (bicyclic) bond motifs is 1. The third-order valence-corrected chi connectivity index (χ3v) is 5.34. The van der Waals surface area contributed by atoms with Gasteiger partial charge >= 0.3 is 0 Å². The Hall–Kier alpha value is -2.77. The molecular weight excluding hydrogens is 362 g/mol. The molecule has 2 N–H and O–H groups in total. The Bertz CT molecular complexity index is 962. The van der Waals surface area contributed by atoms with Crippen molar-refractivity contribution in [3.8, 4) is 0 Å². The summed E-state index contributed by atoms with van der Waals surface area (Å²) >= 11 is 1.30. The van der Waals surface area contributed by atoms with Gasteiger partial charge in [0.25, 0.3) is 11.8 Å². The predicted octanol–water partition coefficient (Wildman–Crippen LogP) is 3.46. The van der Waals surface area contributed by atoms with Crippen LogP contribution < -0.4 is 10.6 Å². The van der Waals surface area contributed by atoms with Crippen molar-refractivity contribution in [3.63, 3.8) is 0 Å². The van der Waals surface area contributed by atoms with Crippen LogP contribution in [0.3, 0.4) is 0 Å². The zero-order chi connectivity index (χ0) is 18.6. The number of benzene rings is 2. The minimum absolute atomic E-state index is 0.112. The Morgan fingerprint density at radius 2 is 1.93 bits per heavy atom. The number of carbonyl (C=O) groups excluding carboxylic acids is 2. The Kier molecular flexibility index (Phi) is 5.13. The summed E-state index contributed by atoms with van der Waals surface area (Å²) in [6, 6.07) is 14.4. The summed E-state index contributed by atoms with van der Waals surface area (Å²) in [5.41, 5.74) is 1.58. The van der Waals surface area contributed by atoms with E-state index in [1.54, 1.807) is 24.3 Å². The average molecular weight is 381 g/mol. The van der Waals surface area contributed by atoms with Gasteiger partial charge in [0.1, 0.15) is 5.69 Å². The summed E-state index contributed by atoms with van der Waals surface area (Å²) in [5, 5.41) is 6.55. The molecule has 0 bridgehead atoms. The van der Waals surface area contributed by atoms with E-state index < -0.39 is 0 Å². The lowest BCUT2D eigenvalue weighted by Crippen LogP contribution is -2.31. The number of anilines is 1. The Morgan fingerprint density at radius 1 is 1.11 bits per heavy atom. The third kappa shape index (κ3) is 3.99. The van der Waals surface area contributed by atoms with Gasteiger partial charge in [-0.25, -0.2) is 0 Å². The third-order valence-electron chi connectivity index (χ3n) is 4.51. The van der Waals surface area contributed by atoms with E-state index >= 15 is 0 Å². The fourth-order valence-corrected chi connectivity index (χ4v) is 3.83. The monoisotopic (exact) mass is 381 g/mol. The van der Waals surface area contributed by atoms with Gasteiger partial charge in [-0.05, 0) is 54.7 Å². The Morgan fingerprint density at radius 3 is 2.70 bits per heavy atom. The quantitative estimate of drug-likeness (QED) is 0.709. The highest BCUT2D eigenvalue weighted by molar-refractivity contribution is 7.13. The molecule has 1 fully saturated rings. The van der Waals surface area contributed by atoms with Crippen molar-refractivity contribution in [2.24, 2.45) is 0 Å². The second-order valence-corrected chi connectivity index (χ2v) is 7.21. The number of carbonyl (C=O) groups is 2. The molecule has 2 heterocycles. The molecule has 1 atom stereocenters. The molecule has 0 spiro atoms.